The van der Waals surface area contributed by atoms with Crippen molar-refractivity contribution in [2.75, 3.05) is 6.61 Å². The molecule has 0 N–H and O–H groups in total. The molecule has 0 atom stereocenters. The van der Waals surface area contributed by atoms with Crippen molar-refractivity contribution in [2.24, 2.45) is 5.41 Å². The zero-order valence-electron chi connectivity index (χ0n) is 13.2. The fraction of sp³-hybridized carbons (Fsp3) is 1.00. The predicted octanol–water partition coefficient (Wildman–Crippen LogP) is -3.38. The summed E-state index contributed by atoms with van der Waals surface area (Å²) in [4.78, 5) is 20.4. The molecule has 0 aliphatic carbocycles. The number of rotatable bonds is 10. The van der Waals surface area contributed by atoms with Gasteiger partial charge < -0.3 is 18.9 Å². The maximum atomic E-state index is 10.2. The molecule has 0 aromatic heterocycles. The summed E-state index contributed by atoms with van der Waals surface area (Å²) in [5, 5.41) is 0. The maximum absolute atomic E-state index is 10.2. The quantitative estimate of drug-likeness (QED) is 0.240. The van der Waals surface area contributed by atoms with Gasteiger partial charge in [-0.1, -0.05) is 52.9 Å². The minimum atomic E-state index is -4.76. The Labute approximate surface area is 162 Å². The monoisotopic (exact) mass is 310 g/mol. The van der Waals surface area contributed by atoms with Gasteiger partial charge in [0.05, 0.1) is 14.4 Å². The molecule has 4 nitrogen and oxygen atoms in total. The van der Waals surface area contributed by atoms with Gasteiger partial charge in [0.25, 0.3) is 0 Å². The second-order valence-corrected chi connectivity index (χ2v) is 5.80. The molecular formula is C12H25Na2O4P. The average molecular weight is 310 g/mol. The van der Waals surface area contributed by atoms with Crippen molar-refractivity contribution >= 4 is 7.82 Å². The van der Waals surface area contributed by atoms with Gasteiger partial charge in [0.15, 0.2) is 0 Å². The Morgan fingerprint density at radius 3 is 1.79 bits per heavy atom. The fourth-order valence-corrected chi connectivity index (χ4v) is 2.59. The van der Waals surface area contributed by atoms with E-state index in [1.165, 1.54) is 25.7 Å². The standard InChI is InChI=1S/C12H27O4P.2Na/c1-4-12(5-2,6-3)10-8-7-9-11-16-17(13,14)15;;/h4-11H2,1-3H3,(H2,13,14,15);;/q;2*+1/p-2. The molecule has 0 fully saturated rings. The number of hydrogen-bond acceptors (Lipinski definition) is 4. The molecule has 0 aromatic rings. The SMILES string of the molecule is CCC(CC)(CC)CCCCCOP(=O)([O-])[O-].[Na+].[Na+]. The second-order valence-electron chi connectivity index (χ2n) is 4.65. The topological polar surface area (TPSA) is 72.4 Å². The van der Waals surface area contributed by atoms with Gasteiger partial charge in [-0.15, -0.1) is 0 Å². The number of unbranched alkanes of at least 4 members (excludes halogenated alkanes) is 2. The van der Waals surface area contributed by atoms with Gasteiger partial charge in [0, 0.05) is 0 Å². The van der Waals surface area contributed by atoms with Crippen LogP contribution < -0.4 is 68.9 Å². The Balaban J connectivity index is -0.00000128. The van der Waals surface area contributed by atoms with Crippen molar-refractivity contribution in [2.45, 2.75) is 65.7 Å². The Morgan fingerprint density at radius 1 is 0.947 bits per heavy atom. The first-order valence-electron chi connectivity index (χ1n) is 6.55. The smallest absolute Gasteiger partial charge is 0.790 e. The first-order chi connectivity index (χ1) is 7.89. The predicted molar refractivity (Wildman–Crippen MR) is 65.3 cm³/mol. The molecular weight excluding hydrogens is 285 g/mol. The summed E-state index contributed by atoms with van der Waals surface area (Å²) in [6.07, 6.45) is 7.36. The summed E-state index contributed by atoms with van der Waals surface area (Å²) in [5.74, 6) is 0. The molecule has 0 spiro atoms. The zero-order valence-corrected chi connectivity index (χ0v) is 18.1. The molecule has 0 radical (unpaired) electrons. The molecule has 19 heavy (non-hydrogen) atoms. The molecule has 7 heteroatoms. The molecule has 0 saturated heterocycles. The van der Waals surface area contributed by atoms with Crippen LogP contribution in [0.1, 0.15) is 65.7 Å². The van der Waals surface area contributed by atoms with Gasteiger partial charge in [-0.25, -0.2) is 0 Å². The van der Waals surface area contributed by atoms with Crippen molar-refractivity contribution in [3.8, 4) is 0 Å². The van der Waals surface area contributed by atoms with E-state index >= 15 is 0 Å². The van der Waals surface area contributed by atoms with E-state index in [-0.39, 0.29) is 65.7 Å². The van der Waals surface area contributed by atoms with Gasteiger partial charge in [-0.2, -0.15) is 0 Å². The van der Waals surface area contributed by atoms with E-state index in [1.807, 2.05) is 0 Å². The molecule has 0 unspecified atom stereocenters. The fourth-order valence-electron chi connectivity index (χ4n) is 2.24. The van der Waals surface area contributed by atoms with Gasteiger partial charge in [0.2, 0.25) is 0 Å². The van der Waals surface area contributed by atoms with E-state index in [4.69, 9.17) is 0 Å². The van der Waals surface area contributed by atoms with Crippen molar-refractivity contribution in [3.05, 3.63) is 0 Å². The Kier molecular flexibility index (Phi) is 18.8. The molecule has 0 aliphatic rings. The van der Waals surface area contributed by atoms with E-state index in [0.717, 1.165) is 12.8 Å². The van der Waals surface area contributed by atoms with Gasteiger partial charge in [-0.05, 0) is 18.3 Å². The van der Waals surface area contributed by atoms with E-state index in [2.05, 4.69) is 25.3 Å². The Hall–Kier alpha value is 2.11. The van der Waals surface area contributed by atoms with Crippen molar-refractivity contribution in [1.29, 1.82) is 0 Å². The van der Waals surface area contributed by atoms with Crippen molar-refractivity contribution in [1.82, 2.24) is 0 Å². The van der Waals surface area contributed by atoms with Crippen LogP contribution in [0.4, 0.5) is 0 Å². The van der Waals surface area contributed by atoms with Crippen LogP contribution >= 0.6 is 7.82 Å². The minimum Gasteiger partial charge on any atom is -0.790 e. The molecule has 0 aromatic carbocycles. The second kappa shape index (κ2) is 13.8. The Morgan fingerprint density at radius 2 is 1.42 bits per heavy atom. The summed E-state index contributed by atoms with van der Waals surface area (Å²) >= 11 is 0. The molecule has 104 valence electrons. The van der Waals surface area contributed by atoms with Crippen molar-refractivity contribution in [3.63, 3.8) is 0 Å². The summed E-state index contributed by atoms with van der Waals surface area (Å²) < 4.78 is 14.4. The van der Waals surface area contributed by atoms with Crippen molar-refractivity contribution < 1.29 is 78.0 Å². The number of phosphoric ester groups is 1. The van der Waals surface area contributed by atoms with Gasteiger partial charge in [-0.3, -0.25) is 0 Å². The van der Waals surface area contributed by atoms with Crippen LogP contribution in [0.25, 0.3) is 0 Å². The van der Waals surface area contributed by atoms with Gasteiger partial charge in [0.1, 0.15) is 0 Å². The van der Waals surface area contributed by atoms with Crippen LogP contribution in [-0.2, 0) is 9.09 Å². The molecule has 0 rings (SSSR count). The summed E-state index contributed by atoms with van der Waals surface area (Å²) in [6, 6.07) is 0. The van der Waals surface area contributed by atoms with Crippen LogP contribution in [0.2, 0.25) is 0 Å². The molecule has 0 aliphatic heterocycles. The van der Waals surface area contributed by atoms with Gasteiger partial charge >= 0.3 is 59.1 Å². The third-order valence-electron chi connectivity index (χ3n) is 3.85. The summed E-state index contributed by atoms with van der Waals surface area (Å²) in [5.41, 5.74) is 0.438. The van der Waals surface area contributed by atoms with E-state index in [1.54, 1.807) is 0 Å². The average Bonchev–Trinajstić information content (AvgIpc) is 2.28. The largest absolute Gasteiger partial charge is 1.00 e. The summed E-state index contributed by atoms with van der Waals surface area (Å²) in [6.45, 7) is 6.70. The first kappa shape index (κ1) is 26.0. The van der Waals surface area contributed by atoms with Crippen LogP contribution in [0, 0.1) is 5.41 Å². The molecule has 0 bridgehead atoms. The van der Waals surface area contributed by atoms with Crippen LogP contribution in [0.5, 0.6) is 0 Å². The molecule has 0 saturated carbocycles. The van der Waals surface area contributed by atoms with Crippen LogP contribution in [-0.4, -0.2) is 6.61 Å². The van der Waals surface area contributed by atoms with E-state index < -0.39 is 7.82 Å². The van der Waals surface area contributed by atoms with E-state index in [9.17, 15) is 14.4 Å². The normalized spacial score (nSPS) is 11.6. The van der Waals surface area contributed by atoms with Crippen LogP contribution in [0.3, 0.4) is 0 Å². The third kappa shape index (κ3) is 13.5. The van der Waals surface area contributed by atoms with E-state index in [0.29, 0.717) is 11.8 Å². The number of phosphoric acid groups is 1. The molecule has 0 amide bonds. The first-order valence-corrected chi connectivity index (χ1v) is 8.02. The maximum Gasteiger partial charge on any atom is 1.00 e. The zero-order chi connectivity index (χ0) is 13.4. The summed E-state index contributed by atoms with van der Waals surface area (Å²) in [7, 11) is -4.76. The molecule has 0 heterocycles. The third-order valence-corrected chi connectivity index (χ3v) is 4.35. The van der Waals surface area contributed by atoms with Crippen LogP contribution in [0.15, 0.2) is 0 Å². The number of hydrogen-bond donors (Lipinski definition) is 0. The Bertz CT molecular complexity index is 234. The minimum absolute atomic E-state index is 0.